The Morgan fingerprint density at radius 2 is 1.95 bits per heavy atom. The highest BCUT2D eigenvalue weighted by Gasteiger charge is 2.27. The molecule has 1 aliphatic rings. The molecule has 7 heteroatoms. The Kier molecular flexibility index (Phi) is 3.12. The summed E-state index contributed by atoms with van der Waals surface area (Å²) in [6, 6.07) is 0. The van der Waals surface area contributed by atoms with Crippen LogP contribution in [0.25, 0.3) is 11.2 Å². The molecule has 1 amide bonds. The Bertz CT molecular complexity index is 714. The molecule has 3 heterocycles. The normalized spacial score (nSPS) is 16.4. The number of hydrogen-bond donors (Lipinski definition) is 0. The van der Waals surface area contributed by atoms with E-state index in [0.29, 0.717) is 24.6 Å². The third-order valence-electron chi connectivity index (χ3n) is 3.02. The lowest BCUT2D eigenvalue weighted by molar-refractivity contribution is 0.0583. The zero-order valence-corrected chi connectivity index (χ0v) is 12.3. The van der Waals surface area contributed by atoms with Gasteiger partial charge in [0.1, 0.15) is 17.4 Å². The molecule has 0 bridgehead atoms. The van der Waals surface area contributed by atoms with Crippen molar-refractivity contribution in [3.63, 3.8) is 0 Å². The van der Waals surface area contributed by atoms with E-state index in [2.05, 4.69) is 15.0 Å². The minimum atomic E-state index is -0.560. The molecule has 0 saturated carbocycles. The summed E-state index contributed by atoms with van der Waals surface area (Å²) in [5.41, 5.74) is 0.756. The highest BCUT2D eigenvalue weighted by atomic mass is 16.6. The first kappa shape index (κ1) is 13.5. The van der Waals surface area contributed by atoms with Gasteiger partial charge in [-0.25, -0.2) is 19.7 Å². The van der Waals surface area contributed by atoms with Gasteiger partial charge in [-0.2, -0.15) is 0 Å². The van der Waals surface area contributed by atoms with Crippen LogP contribution in [0.2, 0.25) is 0 Å². The van der Waals surface area contributed by atoms with Gasteiger partial charge in [-0.15, -0.1) is 0 Å². The maximum absolute atomic E-state index is 12.4. The van der Waals surface area contributed by atoms with E-state index in [1.807, 2.05) is 37.5 Å². The van der Waals surface area contributed by atoms with Crippen LogP contribution in [0.4, 0.5) is 10.6 Å². The predicted molar refractivity (Wildman–Crippen MR) is 78.0 cm³/mol. The van der Waals surface area contributed by atoms with Crippen molar-refractivity contribution >= 4 is 23.1 Å². The second kappa shape index (κ2) is 4.83. The van der Waals surface area contributed by atoms with E-state index in [0.717, 1.165) is 5.52 Å². The summed E-state index contributed by atoms with van der Waals surface area (Å²) < 4.78 is 7.37. The zero-order chi connectivity index (χ0) is 15.0. The van der Waals surface area contributed by atoms with E-state index in [1.54, 1.807) is 6.33 Å². The quantitative estimate of drug-likeness (QED) is 0.694. The van der Waals surface area contributed by atoms with Crippen molar-refractivity contribution in [3.8, 4) is 0 Å². The Balaban J connectivity index is 2.08. The van der Waals surface area contributed by atoms with Gasteiger partial charge >= 0.3 is 6.09 Å². The number of carbonyl (C=O) groups excluding carboxylic acids is 1. The van der Waals surface area contributed by atoms with Gasteiger partial charge in [0.25, 0.3) is 0 Å². The maximum Gasteiger partial charge on any atom is 0.416 e. The lowest BCUT2D eigenvalue weighted by Gasteiger charge is -2.27. The maximum atomic E-state index is 12.4. The number of ether oxygens (including phenoxy) is 1. The van der Waals surface area contributed by atoms with Crippen LogP contribution in [0.5, 0.6) is 0 Å². The van der Waals surface area contributed by atoms with Crippen molar-refractivity contribution < 1.29 is 9.53 Å². The zero-order valence-electron chi connectivity index (χ0n) is 12.3. The first-order valence-electron chi connectivity index (χ1n) is 6.77. The second-order valence-corrected chi connectivity index (χ2v) is 5.83. The van der Waals surface area contributed by atoms with Crippen LogP contribution in [0.1, 0.15) is 20.8 Å². The number of carbonyl (C=O) groups is 1. The largest absolute Gasteiger partial charge is 0.443 e. The molecular formula is C14H17N5O2. The Hall–Kier alpha value is -2.44. The lowest BCUT2D eigenvalue weighted by atomic mass is 10.2. The van der Waals surface area contributed by atoms with Gasteiger partial charge in [-0.1, -0.05) is 12.2 Å². The summed E-state index contributed by atoms with van der Waals surface area (Å²) in [6.07, 6.45) is 6.58. The SMILES string of the molecule is CC(C)(C)OC(=O)N1C/C=C\Cn2cnc3ncnc1c32. The molecule has 0 N–H and O–H groups in total. The van der Waals surface area contributed by atoms with Crippen LogP contribution in [0.3, 0.4) is 0 Å². The Morgan fingerprint density at radius 3 is 2.71 bits per heavy atom. The van der Waals surface area contributed by atoms with Crippen molar-refractivity contribution in [2.45, 2.75) is 32.9 Å². The Labute approximate surface area is 122 Å². The monoisotopic (exact) mass is 287 g/mol. The van der Waals surface area contributed by atoms with Gasteiger partial charge in [-0.3, -0.25) is 4.90 Å². The topological polar surface area (TPSA) is 73.1 Å². The number of hydrogen-bond acceptors (Lipinski definition) is 5. The van der Waals surface area contributed by atoms with Crippen molar-refractivity contribution in [1.29, 1.82) is 0 Å². The van der Waals surface area contributed by atoms with Gasteiger partial charge in [0.2, 0.25) is 0 Å². The van der Waals surface area contributed by atoms with Crippen molar-refractivity contribution in [2.75, 3.05) is 11.4 Å². The number of rotatable bonds is 0. The van der Waals surface area contributed by atoms with Crippen LogP contribution in [0, 0.1) is 0 Å². The van der Waals surface area contributed by atoms with Gasteiger partial charge in [0, 0.05) is 13.1 Å². The number of nitrogens with zero attached hydrogens (tertiary/aromatic N) is 5. The minimum absolute atomic E-state index is 0.409. The average molecular weight is 287 g/mol. The molecule has 0 aromatic carbocycles. The molecule has 0 saturated heterocycles. The van der Waals surface area contributed by atoms with E-state index in [1.165, 1.54) is 11.2 Å². The van der Waals surface area contributed by atoms with Gasteiger partial charge in [-0.05, 0) is 20.8 Å². The summed E-state index contributed by atoms with van der Waals surface area (Å²) in [5.74, 6) is 0.524. The Morgan fingerprint density at radius 1 is 1.19 bits per heavy atom. The fourth-order valence-corrected chi connectivity index (χ4v) is 2.16. The molecule has 3 rings (SSSR count). The summed E-state index contributed by atoms with van der Waals surface area (Å²) in [6.45, 7) is 6.60. The molecule has 0 unspecified atom stereocenters. The van der Waals surface area contributed by atoms with Crippen LogP contribution in [0.15, 0.2) is 24.8 Å². The third-order valence-corrected chi connectivity index (χ3v) is 3.02. The molecular weight excluding hydrogens is 270 g/mol. The van der Waals surface area contributed by atoms with Crippen LogP contribution >= 0.6 is 0 Å². The van der Waals surface area contributed by atoms with Crippen LogP contribution in [-0.4, -0.2) is 37.8 Å². The van der Waals surface area contributed by atoms with E-state index in [-0.39, 0.29) is 0 Å². The fraction of sp³-hybridized carbons (Fsp3) is 0.429. The molecule has 110 valence electrons. The van der Waals surface area contributed by atoms with E-state index in [4.69, 9.17) is 4.74 Å². The lowest BCUT2D eigenvalue weighted by Crippen LogP contribution is -2.38. The predicted octanol–water partition coefficient (Wildman–Crippen LogP) is 2.14. The number of allylic oxidation sites excluding steroid dienone is 1. The highest BCUT2D eigenvalue weighted by Crippen LogP contribution is 2.25. The first-order valence-corrected chi connectivity index (χ1v) is 6.77. The van der Waals surface area contributed by atoms with E-state index in [9.17, 15) is 4.79 Å². The van der Waals surface area contributed by atoms with Crippen molar-refractivity contribution in [1.82, 2.24) is 19.5 Å². The van der Waals surface area contributed by atoms with Crippen molar-refractivity contribution in [3.05, 3.63) is 24.8 Å². The fourth-order valence-electron chi connectivity index (χ4n) is 2.16. The number of imidazole rings is 1. The third kappa shape index (κ3) is 2.58. The molecule has 0 radical (unpaired) electrons. The van der Waals surface area contributed by atoms with E-state index < -0.39 is 11.7 Å². The summed E-state index contributed by atoms with van der Waals surface area (Å²) in [5, 5.41) is 0. The average Bonchev–Trinajstić information content (AvgIpc) is 2.77. The number of aromatic nitrogens is 4. The van der Waals surface area contributed by atoms with Crippen molar-refractivity contribution in [2.24, 2.45) is 0 Å². The summed E-state index contributed by atoms with van der Waals surface area (Å²) >= 11 is 0. The molecule has 0 atom stereocenters. The molecule has 2 aromatic rings. The highest BCUT2D eigenvalue weighted by molar-refractivity contribution is 5.96. The molecule has 0 aliphatic carbocycles. The van der Waals surface area contributed by atoms with Crippen LogP contribution < -0.4 is 4.90 Å². The molecule has 0 spiro atoms. The number of anilines is 1. The molecule has 1 aliphatic heterocycles. The van der Waals surface area contributed by atoms with E-state index >= 15 is 0 Å². The smallest absolute Gasteiger partial charge is 0.416 e. The molecule has 0 fully saturated rings. The second-order valence-electron chi connectivity index (χ2n) is 5.83. The standard InChI is InChI=1S/C14H17N5O2/c1-14(2,3)21-13(20)19-7-5-4-6-18-9-17-11-10(18)12(19)16-8-15-11/h4-5,8-9H,6-7H2,1-3H3/b5-4-. The molecule has 21 heavy (non-hydrogen) atoms. The number of amides is 1. The molecule has 2 aromatic heterocycles. The van der Waals surface area contributed by atoms with Gasteiger partial charge in [0.05, 0.1) is 6.33 Å². The summed E-state index contributed by atoms with van der Waals surface area (Å²) in [7, 11) is 0. The molecule has 7 nitrogen and oxygen atoms in total. The van der Waals surface area contributed by atoms with Crippen LogP contribution in [-0.2, 0) is 11.3 Å². The minimum Gasteiger partial charge on any atom is -0.443 e. The van der Waals surface area contributed by atoms with Gasteiger partial charge < -0.3 is 9.30 Å². The summed E-state index contributed by atoms with van der Waals surface area (Å²) in [4.78, 5) is 26.6. The first-order chi connectivity index (χ1) is 9.96. The van der Waals surface area contributed by atoms with Gasteiger partial charge in [0.15, 0.2) is 11.5 Å².